The number of imidazole rings is 1. The number of aromatic amines is 1. The molecule has 4 heterocycles. The largest absolute Gasteiger partial charge is 0.508 e. The van der Waals surface area contributed by atoms with Gasteiger partial charge in [-0.25, -0.2) is 4.98 Å². The molecule has 3 fully saturated rings. The molecule has 5 rings (SSSR count). The molecule has 69 heavy (non-hydrogen) atoms. The predicted molar refractivity (Wildman–Crippen MR) is 236 cm³/mol. The van der Waals surface area contributed by atoms with Gasteiger partial charge in [-0.1, -0.05) is 12.1 Å². The van der Waals surface area contributed by atoms with E-state index in [1.54, 1.807) is 0 Å². The van der Waals surface area contributed by atoms with E-state index in [0.29, 0.717) is 36.9 Å². The highest BCUT2D eigenvalue weighted by Gasteiger charge is 2.46. The summed E-state index contributed by atoms with van der Waals surface area (Å²) in [5.41, 5.74) is 12.0. The molecule has 8 atom stereocenters. The zero-order valence-electron chi connectivity index (χ0n) is 37.8. The maximum absolute atomic E-state index is 14.3. The second-order valence-corrected chi connectivity index (χ2v) is 17.1. The molecule has 0 bridgehead atoms. The van der Waals surface area contributed by atoms with Crippen molar-refractivity contribution >= 4 is 65.1 Å². The van der Waals surface area contributed by atoms with Gasteiger partial charge in [-0.2, -0.15) is 0 Å². The fourth-order valence-corrected chi connectivity index (χ4v) is 8.57. The summed E-state index contributed by atoms with van der Waals surface area (Å²) in [6.07, 6.45) is 3.01. The monoisotopic (exact) mass is 966 g/mol. The van der Waals surface area contributed by atoms with Gasteiger partial charge in [-0.05, 0) is 63.1 Å². The number of nitrogens with zero attached hydrogens (tertiary/aromatic N) is 4. The van der Waals surface area contributed by atoms with Crippen LogP contribution in [0.15, 0.2) is 36.8 Å². The molecule has 0 saturated carbocycles. The van der Waals surface area contributed by atoms with Crippen LogP contribution in [-0.2, 0) is 65.6 Å². The van der Waals surface area contributed by atoms with Gasteiger partial charge in [0.05, 0.1) is 25.2 Å². The number of nitrogens with two attached hydrogens (primary N) is 2. The number of H-pyrrole nitrogens is 1. The number of amides is 9. The number of carboxylic acids is 2. The van der Waals surface area contributed by atoms with Crippen LogP contribution in [0.3, 0.4) is 0 Å². The molecule has 9 amide bonds. The Labute approximate surface area is 394 Å². The zero-order valence-corrected chi connectivity index (χ0v) is 37.8. The van der Waals surface area contributed by atoms with Gasteiger partial charge in [0, 0.05) is 44.4 Å². The number of benzene rings is 1. The Morgan fingerprint density at radius 3 is 1.83 bits per heavy atom. The average molecular weight is 967 g/mol. The number of aliphatic carboxylic acids is 2. The molecule has 0 unspecified atom stereocenters. The van der Waals surface area contributed by atoms with E-state index in [-0.39, 0.29) is 51.1 Å². The van der Waals surface area contributed by atoms with E-state index >= 15 is 0 Å². The van der Waals surface area contributed by atoms with Crippen molar-refractivity contribution in [2.75, 3.05) is 26.2 Å². The van der Waals surface area contributed by atoms with Crippen LogP contribution < -0.4 is 38.1 Å². The third-order valence-corrected chi connectivity index (χ3v) is 12.0. The summed E-state index contributed by atoms with van der Waals surface area (Å²) in [5, 5.41) is 40.4. The van der Waals surface area contributed by atoms with Crippen LogP contribution in [0.4, 0.5) is 0 Å². The van der Waals surface area contributed by atoms with Gasteiger partial charge in [0.25, 0.3) is 0 Å². The van der Waals surface area contributed by atoms with Gasteiger partial charge in [-0.15, -0.1) is 0 Å². The van der Waals surface area contributed by atoms with Crippen LogP contribution in [0.5, 0.6) is 5.75 Å². The van der Waals surface area contributed by atoms with Gasteiger partial charge in [0.2, 0.25) is 53.2 Å². The topological polar surface area (TPSA) is 399 Å². The molecule has 0 radical (unpaired) electrons. The number of likely N-dealkylation sites (tertiary alicyclic amines) is 3. The standard InChI is InChI=1S/C43H58N12O14/c1-22(36(62)50-29(18-34(58)59)39(65)51-28(16-24-19-46-21-48-24)37(63)47-20-35(60)61)49-38(64)27(15-23-8-10-25(56)11-9-23)52-40(66)30-5-2-12-53(30)42(68)32-7-4-14-55(32)43(69)31-6-3-13-54(31)41(67)26(44)17-33(45)57/h8-11,19,21-22,26-32,56H,2-7,12-18,20,44H2,1H3,(H2,45,57)(H,46,48)(H,47,63)(H,49,64)(H,50,62)(H,51,65)(H,52,66)(H,58,59)(H,60,61)/t22-,26-,27-,28-,29-,30-,31-,32-/m0/s1. The molecular formula is C43H58N12O14. The number of nitrogens with one attached hydrogen (secondary N) is 6. The smallest absolute Gasteiger partial charge is 0.322 e. The second kappa shape index (κ2) is 23.9. The van der Waals surface area contributed by atoms with Crippen LogP contribution in [0.2, 0.25) is 0 Å². The van der Waals surface area contributed by atoms with Gasteiger partial charge in [-0.3, -0.25) is 52.7 Å². The second-order valence-electron chi connectivity index (χ2n) is 17.1. The Hall–Kier alpha value is -7.64. The van der Waals surface area contributed by atoms with Crippen LogP contribution in [0.25, 0.3) is 0 Å². The number of carbonyl (C=O) groups is 11. The average Bonchev–Trinajstić information content (AvgIpc) is 4.15. The normalized spacial score (nSPS) is 19.9. The van der Waals surface area contributed by atoms with E-state index in [0.717, 1.165) is 0 Å². The lowest BCUT2D eigenvalue weighted by molar-refractivity contribution is -0.151. The molecular weight excluding hydrogens is 909 g/mol. The summed E-state index contributed by atoms with van der Waals surface area (Å²) in [6.45, 7) is 1.02. The van der Waals surface area contributed by atoms with Crippen LogP contribution in [0.1, 0.15) is 69.5 Å². The Morgan fingerprint density at radius 1 is 0.696 bits per heavy atom. The third kappa shape index (κ3) is 14.2. The Kier molecular flexibility index (Phi) is 18.1. The SMILES string of the molecule is C[C@H](NC(=O)[C@H](Cc1ccc(O)cc1)NC(=O)[C@@H]1CCCN1C(=O)[C@@H]1CCCN1C(=O)[C@@H]1CCCN1C(=O)[C@@H](N)CC(N)=O)C(=O)N[C@@H](CC(=O)O)C(=O)N[C@@H](Cc1cnc[nH]1)C(=O)NCC(=O)O. The Balaban J connectivity index is 1.27. The minimum atomic E-state index is -1.80. The number of carbonyl (C=O) groups excluding carboxylic acids is 9. The molecule has 3 aliphatic rings. The van der Waals surface area contributed by atoms with E-state index in [1.165, 1.54) is 58.4 Å². The maximum atomic E-state index is 14.3. The summed E-state index contributed by atoms with van der Waals surface area (Å²) in [6, 6.07) is -4.62. The van der Waals surface area contributed by atoms with E-state index < -0.39 is 133 Å². The molecule has 2 aromatic rings. The van der Waals surface area contributed by atoms with Crippen molar-refractivity contribution in [3.05, 3.63) is 48.0 Å². The fourth-order valence-electron chi connectivity index (χ4n) is 8.57. The molecule has 374 valence electrons. The summed E-state index contributed by atoms with van der Waals surface area (Å²) >= 11 is 0. The first-order valence-corrected chi connectivity index (χ1v) is 22.4. The number of aromatic hydroxyl groups is 1. The van der Waals surface area contributed by atoms with Gasteiger partial charge in [0.15, 0.2) is 0 Å². The van der Waals surface area contributed by atoms with Crippen molar-refractivity contribution in [2.45, 2.75) is 119 Å². The van der Waals surface area contributed by atoms with Crippen LogP contribution >= 0.6 is 0 Å². The van der Waals surface area contributed by atoms with Crippen molar-refractivity contribution in [3.8, 4) is 5.75 Å². The first-order chi connectivity index (χ1) is 32.7. The highest BCUT2D eigenvalue weighted by molar-refractivity contribution is 5.99. The van der Waals surface area contributed by atoms with Gasteiger partial charge < -0.3 is 73.1 Å². The maximum Gasteiger partial charge on any atom is 0.322 e. The zero-order chi connectivity index (χ0) is 50.5. The molecule has 0 aliphatic carbocycles. The molecule has 0 spiro atoms. The van der Waals surface area contributed by atoms with E-state index in [4.69, 9.17) is 16.6 Å². The summed E-state index contributed by atoms with van der Waals surface area (Å²) < 4.78 is 0. The van der Waals surface area contributed by atoms with Crippen molar-refractivity contribution in [3.63, 3.8) is 0 Å². The number of phenols is 1. The molecule has 13 N–H and O–H groups in total. The lowest BCUT2D eigenvalue weighted by atomic mass is 10.0. The Bertz CT molecular complexity index is 2260. The molecule has 3 saturated heterocycles. The van der Waals surface area contributed by atoms with Crippen molar-refractivity contribution < 1.29 is 68.1 Å². The first kappa shape index (κ1) is 52.3. The van der Waals surface area contributed by atoms with Crippen LogP contribution in [-0.4, -0.2) is 180 Å². The minimum absolute atomic E-state index is 0.0824. The number of rotatable bonds is 22. The van der Waals surface area contributed by atoms with Crippen LogP contribution in [0, 0.1) is 0 Å². The van der Waals surface area contributed by atoms with E-state index in [9.17, 15) is 63.0 Å². The minimum Gasteiger partial charge on any atom is -0.508 e. The highest BCUT2D eigenvalue weighted by Crippen LogP contribution is 2.29. The number of hydrogen-bond donors (Lipinski definition) is 11. The van der Waals surface area contributed by atoms with E-state index in [2.05, 4.69) is 36.6 Å². The molecule has 1 aromatic carbocycles. The predicted octanol–water partition coefficient (Wildman–Crippen LogP) is -4.29. The van der Waals surface area contributed by atoms with Crippen molar-refractivity contribution in [1.82, 2.24) is 51.3 Å². The number of hydrogen-bond acceptors (Lipinski definition) is 14. The van der Waals surface area contributed by atoms with Gasteiger partial charge in [0.1, 0.15) is 54.6 Å². The van der Waals surface area contributed by atoms with Crippen molar-refractivity contribution in [2.24, 2.45) is 11.5 Å². The number of phenolic OH excluding ortho intramolecular Hbond substituents is 1. The summed E-state index contributed by atoms with van der Waals surface area (Å²) in [5.74, 6) is -10.1. The molecule has 26 nitrogen and oxygen atoms in total. The first-order valence-electron chi connectivity index (χ1n) is 22.4. The lowest BCUT2D eigenvalue weighted by Crippen LogP contribution is -2.60. The number of aromatic nitrogens is 2. The quantitative estimate of drug-likeness (QED) is 0.0532. The fraction of sp³-hybridized carbons (Fsp3) is 0.535. The number of primary amides is 1. The van der Waals surface area contributed by atoms with Gasteiger partial charge >= 0.3 is 11.9 Å². The number of carboxylic acid groups (broad SMARTS) is 2. The lowest BCUT2D eigenvalue weighted by Gasteiger charge is -2.34. The summed E-state index contributed by atoms with van der Waals surface area (Å²) in [4.78, 5) is 154. The third-order valence-electron chi connectivity index (χ3n) is 12.0. The summed E-state index contributed by atoms with van der Waals surface area (Å²) in [7, 11) is 0. The molecule has 26 heteroatoms. The van der Waals surface area contributed by atoms with E-state index in [1.807, 2.05) is 0 Å². The molecule has 3 aliphatic heterocycles. The van der Waals surface area contributed by atoms with Crippen molar-refractivity contribution in [1.29, 1.82) is 0 Å². The highest BCUT2D eigenvalue weighted by atomic mass is 16.4. The molecule has 1 aromatic heterocycles. The Morgan fingerprint density at radius 2 is 1.25 bits per heavy atom.